The molecule has 1 aromatic carbocycles. The van der Waals surface area contributed by atoms with Crippen LogP contribution in [0.4, 0.5) is 5.69 Å². The molecule has 0 aromatic heterocycles. The summed E-state index contributed by atoms with van der Waals surface area (Å²) in [5.41, 5.74) is 0.350. The van der Waals surface area contributed by atoms with Gasteiger partial charge in [0.25, 0.3) is 0 Å². The second kappa shape index (κ2) is 4.46. The molecule has 0 aliphatic carbocycles. The molecule has 0 bridgehead atoms. The van der Waals surface area contributed by atoms with Gasteiger partial charge in [-0.05, 0) is 28.1 Å². The first kappa shape index (κ1) is 12.1. The van der Waals surface area contributed by atoms with E-state index in [2.05, 4.69) is 15.9 Å². The lowest BCUT2D eigenvalue weighted by atomic mass is 10.1. The molecule has 1 aliphatic heterocycles. The van der Waals surface area contributed by atoms with Crippen molar-refractivity contribution in [2.24, 2.45) is 0 Å². The van der Waals surface area contributed by atoms with Gasteiger partial charge in [0.1, 0.15) is 0 Å². The van der Waals surface area contributed by atoms with Gasteiger partial charge in [0.05, 0.1) is 30.3 Å². The molecule has 1 aromatic rings. The highest BCUT2D eigenvalue weighted by atomic mass is 79.9. The van der Waals surface area contributed by atoms with E-state index < -0.39 is 12.1 Å². The van der Waals surface area contributed by atoms with Crippen LogP contribution in [0.15, 0.2) is 22.7 Å². The Morgan fingerprint density at radius 2 is 2.18 bits per heavy atom. The van der Waals surface area contributed by atoms with Crippen LogP contribution < -0.4 is 4.90 Å². The fraction of sp³-hybridized carbons (Fsp3) is 0.273. The molecule has 1 aliphatic rings. The minimum absolute atomic E-state index is 0.0333. The van der Waals surface area contributed by atoms with Gasteiger partial charge in [-0.15, -0.1) is 0 Å². The largest absolute Gasteiger partial charge is 0.478 e. The number of halogens is 1. The number of anilines is 1. The summed E-state index contributed by atoms with van der Waals surface area (Å²) >= 11 is 3.15. The number of hydrogen-bond donors (Lipinski definition) is 2. The number of hydrogen-bond acceptors (Lipinski definition) is 3. The Kier molecular flexibility index (Phi) is 3.17. The van der Waals surface area contributed by atoms with Crippen LogP contribution in [0.2, 0.25) is 0 Å². The molecule has 0 radical (unpaired) electrons. The average molecular weight is 300 g/mol. The summed E-state index contributed by atoms with van der Waals surface area (Å²) < 4.78 is 0.414. The van der Waals surface area contributed by atoms with Gasteiger partial charge < -0.3 is 15.1 Å². The van der Waals surface area contributed by atoms with E-state index in [0.717, 1.165) is 0 Å². The number of carbonyl (C=O) groups is 2. The van der Waals surface area contributed by atoms with E-state index in [1.807, 2.05) is 0 Å². The van der Waals surface area contributed by atoms with Gasteiger partial charge in [0, 0.05) is 4.47 Å². The number of carboxylic acid groups (broad SMARTS) is 1. The van der Waals surface area contributed by atoms with Crippen molar-refractivity contribution in [1.29, 1.82) is 0 Å². The molecule has 5 nitrogen and oxygen atoms in total. The summed E-state index contributed by atoms with van der Waals surface area (Å²) in [4.78, 5) is 24.1. The highest BCUT2D eigenvalue weighted by molar-refractivity contribution is 9.10. The molecular formula is C11H10BrNO4. The van der Waals surface area contributed by atoms with Crippen molar-refractivity contribution < 1.29 is 19.8 Å². The molecule has 1 atom stereocenters. The summed E-state index contributed by atoms with van der Waals surface area (Å²) in [5, 5.41) is 18.5. The number of carbonyl (C=O) groups excluding carboxylic acids is 1. The Morgan fingerprint density at radius 1 is 1.47 bits per heavy atom. The smallest absolute Gasteiger partial charge is 0.338 e. The molecule has 1 fully saturated rings. The number of amides is 1. The fourth-order valence-electron chi connectivity index (χ4n) is 1.87. The third-order valence-electron chi connectivity index (χ3n) is 2.60. The summed E-state index contributed by atoms with van der Waals surface area (Å²) in [6.07, 6.45) is -0.700. The van der Waals surface area contributed by atoms with Crippen molar-refractivity contribution in [3.8, 4) is 0 Å². The van der Waals surface area contributed by atoms with Crippen LogP contribution in [-0.2, 0) is 4.79 Å². The van der Waals surface area contributed by atoms with Crippen molar-refractivity contribution in [2.45, 2.75) is 12.5 Å². The molecule has 2 N–H and O–H groups in total. The Hall–Kier alpha value is -1.40. The molecule has 6 heteroatoms. The minimum atomic E-state index is -1.11. The van der Waals surface area contributed by atoms with Crippen LogP contribution in [0, 0.1) is 0 Å². The Balaban J connectivity index is 2.49. The molecule has 1 saturated heterocycles. The molecule has 0 spiro atoms. The van der Waals surface area contributed by atoms with Crippen molar-refractivity contribution in [2.75, 3.05) is 11.4 Å². The molecular weight excluding hydrogens is 290 g/mol. The van der Waals surface area contributed by atoms with E-state index in [1.165, 1.54) is 4.90 Å². The predicted molar refractivity (Wildman–Crippen MR) is 64.1 cm³/mol. The molecule has 1 amide bonds. The first-order valence-corrected chi connectivity index (χ1v) is 5.80. The van der Waals surface area contributed by atoms with Crippen molar-refractivity contribution in [1.82, 2.24) is 0 Å². The van der Waals surface area contributed by atoms with Gasteiger partial charge in [-0.1, -0.05) is 6.07 Å². The third-order valence-corrected chi connectivity index (χ3v) is 3.26. The van der Waals surface area contributed by atoms with Crippen LogP contribution in [-0.4, -0.2) is 34.7 Å². The van der Waals surface area contributed by atoms with Gasteiger partial charge in [-0.2, -0.15) is 0 Å². The van der Waals surface area contributed by atoms with Crippen LogP contribution in [0.3, 0.4) is 0 Å². The van der Waals surface area contributed by atoms with Gasteiger partial charge in [-0.25, -0.2) is 4.79 Å². The Bertz CT molecular complexity index is 488. The van der Waals surface area contributed by atoms with Crippen molar-refractivity contribution in [3.63, 3.8) is 0 Å². The SMILES string of the molecule is O=C(O)c1c(Br)cccc1N1CC(O)CC1=O. The highest BCUT2D eigenvalue weighted by Crippen LogP contribution is 2.30. The Labute approximate surface area is 106 Å². The second-order valence-electron chi connectivity index (χ2n) is 3.80. The van der Waals surface area contributed by atoms with Crippen LogP contribution in [0.1, 0.15) is 16.8 Å². The first-order chi connectivity index (χ1) is 8.00. The zero-order valence-electron chi connectivity index (χ0n) is 8.76. The minimum Gasteiger partial charge on any atom is -0.478 e. The number of benzene rings is 1. The lowest BCUT2D eigenvalue weighted by Gasteiger charge is -2.18. The van der Waals surface area contributed by atoms with Crippen LogP contribution in [0.25, 0.3) is 0 Å². The summed E-state index contributed by atoms with van der Waals surface area (Å²) in [7, 11) is 0. The third kappa shape index (κ3) is 2.18. The summed E-state index contributed by atoms with van der Waals surface area (Å²) in [5.74, 6) is -1.38. The molecule has 0 saturated carbocycles. The van der Waals surface area contributed by atoms with Crippen molar-refractivity contribution >= 4 is 33.5 Å². The maximum atomic E-state index is 11.6. The van der Waals surface area contributed by atoms with Crippen molar-refractivity contribution in [3.05, 3.63) is 28.2 Å². The van der Waals surface area contributed by atoms with E-state index in [1.54, 1.807) is 18.2 Å². The fourth-order valence-corrected chi connectivity index (χ4v) is 2.40. The topological polar surface area (TPSA) is 77.8 Å². The number of aliphatic hydroxyl groups excluding tert-OH is 1. The van der Waals surface area contributed by atoms with Gasteiger partial charge >= 0.3 is 5.97 Å². The van der Waals surface area contributed by atoms with Gasteiger partial charge in [0.15, 0.2) is 0 Å². The standard InChI is InChI=1S/C11H10BrNO4/c12-7-2-1-3-8(10(7)11(16)17)13-5-6(14)4-9(13)15/h1-3,6,14H,4-5H2,(H,16,17). The normalized spacial score (nSPS) is 19.8. The van der Waals surface area contributed by atoms with Gasteiger partial charge in [-0.3, -0.25) is 4.79 Å². The number of carboxylic acids is 1. The quantitative estimate of drug-likeness (QED) is 0.861. The number of aromatic carboxylic acids is 1. The number of aliphatic hydroxyl groups is 1. The molecule has 1 heterocycles. The maximum Gasteiger partial charge on any atom is 0.338 e. The lowest BCUT2D eigenvalue weighted by molar-refractivity contribution is -0.117. The van der Waals surface area contributed by atoms with E-state index in [0.29, 0.717) is 10.2 Å². The van der Waals surface area contributed by atoms with Gasteiger partial charge in [0.2, 0.25) is 5.91 Å². The van der Waals surface area contributed by atoms with E-state index in [-0.39, 0.29) is 24.4 Å². The number of nitrogens with zero attached hydrogens (tertiary/aromatic N) is 1. The van der Waals surface area contributed by atoms with E-state index in [9.17, 15) is 14.7 Å². The lowest BCUT2D eigenvalue weighted by Crippen LogP contribution is -2.27. The molecule has 1 unspecified atom stereocenters. The first-order valence-electron chi connectivity index (χ1n) is 5.01. The molecule has 17 heavy (non-hydrogen) atoms. The average Bonchev–Trinajstić information content (AvgIpc) is 2.56. The predicted octanol–water partition coefficient (Wildman–Crippen LogP) is 1.24. The van der Waals surface area contributed by atoms with Crippen LogP contribution in [0.5, 0.6) is 0 Å². The van der Waals surface area contributed by atoms with E-state index >= 15 is 0 Å². The number of β-amino-alcohol motifs (C(OH)–C–C–N with tert-alkyl or cyclic N) is 1. The Morgan fingerprint density at radius 3 is 2.71 bits per heavy atom. The number of rotatable bonds is 2. The van der Waals surface area contributed by atoms with Crippen LogP contribution >= 0.6 is 15.9 Å². The second-order valence-corrected chi connectivity index (χ2v) is 4.66. The molecule has 2 rings (SSSR count). The zero-order chi connectivity index (χ0) is 12.6. The maximum absolute atomic E-state index is 11.6. The zero-order valence-corrected chi connectivity index (χ0v) is 10.3. The highest BCUT2D eigenvalue weighted by Gasteiger charge is 2.32. The van der Waals surface area contributed by atoms with E-state index in [4.69, 9.17) is 5.11 Å². The molecule has 90 valence electrons. The monoisotopic (exact) mass is 299 g/mol. The summed E-state index contributed by atoms with van der Waals surface area (Å²) in [6.45, 7) is 0.134. The summed E-state index contributed by atoms with van der Waals surface area (Å²) in [6, 6.07) is 4.82.